The zero-order chi connectivity index (χ0) is 14.7. The van der Waals surface area contributed by atoms with Gasteiger partial charge < -0.3 is 15.3 Å². The van der Waals surface area contributed by atoms with E-state index in [1.54, 1.807) is 11.8 Å². The van der Waals surface area contributed by atoms with Gasteiger partial charge in [0.25, 0.3) is 0 Å². The molecule has 1 heterocycles. The lowest BCUT2D eigenvalue weighted by Gasteiger charge is -2.34. The standard InChI is InChI=1S/C14H18ClFN2O2/c1-9(19)10-3-2-6-18(8-10)14(20)17-13-5-4-11(15)7-12(13)16/h4-5,7,9-10,19H,2-3,6,8H2,1H3,(H,17,20). The number of nitrogens with one attached hydrogen (secondary N) is 1. The summed E-state index contributed by atoms with van der Waals surface area (Å²) in [6.07, 6.45) is 1.29. The number of benzene rings is 1. The quantitative estimate of drug-likeness (QED) is 0.882. The van der Waals surface area contributed by atoms with E-state index in [0.29, 0.717) is 13.1 Å². The molecular weight excluding hydrogens is 283 g/mol. The number of halogens is 2. The molecule has 1 aromatic rings. The molecule has 2 atom stereocenters. The van der Waals surface area contributed by atoms with Crippen molar-refractivity contribution in [2.24, 2.45) is 5.92 Å². The average Bonchev–Trinajstić information content (AvgIpc) is 2.42. The zero-order valence-corrected chi connectivity index (χ0v) is 12.0. The molecule has 1 saturated heterocycles. The van der Waals surface area contributed by atoms with Crippen LogP contribution in [-0.2, 0) is 0 Å². The van der Waals surface area contributed by atoms with Gasteiger partial charge in [-0.2, -0.15) is 0 Å². The number of aliphatic hydroxyl groups excluding tert-OH is 1. The van der Waals surface area contributed by atoms with Gasteiger partial charge in [-0.25, -0.2) is 9.18 Å². The molecule has 1 aromatic carbocycles. The Kier molecular flexibility index (Phi) is 4.83. The van der Waals surface area contributed by atoms with Crippen LogP contribution in [0.4, 0.5) is 14.9 Å². The molecular formula is C14H18ClFN2O2. The number of rotatable bonds is 2. The maximum absolute atomic E-state index is 13.6. The number of hydrogen-bond donors (Lipinski definition) is 2. The van der Waals surface area contributed by atoms with Crippen LogP contribution in [0, 0.1) is 11.7 Å². The van der Waals surface area contributed by atoms with E-state index in [0.717, 1.165) is 18.9 Å². The molecule has 0 bridgehead atoms. The number of nitrogens with zero attached hydrogens (tertiary/aromatic N) is 1. The molecule has 2 amide bonds. The van der Waals surface area contributed by atoms with Gasteiger partial charge in [-0.3, -0.25) is 0 Å². The molecule has 20 heavy (non-hydrogen) atoms. The van der Waals surface area contributed by atoms with Crippen molar-refractivity contribution in [2.45, 2.75) is 25.9 Å². The summed E-state index contributed by atoms with van der Waals surface area (Å²) in [5.74, 6) is -0.487. The predicted molar refractivity (Wildman–Crippen MR) is 76.4 cm³/mol. The molecule has 6 heteroatoms. The lowest BCUT2D eigenvalue weighted by molar-refractivity contribution is 0.0766. The van der Waals surface area contributed by atoms with Gasteiger partial charge in [-0.05, 0) is 38.0 Å². The van der Waals surface area contributed by atoms with Crippen molar-refractivity contribution >= 4 is 23.3 Å². The Labute approximate surface area is 122 Å². The second kappa shape index (κ2) is 6.41. The smallest absolute Gasteiger partial charge is 0.321 e. The molecule has 2 unspecified atom stereocenters. The molecule has 1 aliphatic heterocycles. The lowest BCUT2D eigenvalue weighted by Crippen LogP contribution is -2.44. The maximum Gasteiger partial charge on any atom is 0.321 e. The molecule has 0 saturated carbocycles. The number of carbonyl (C=O) groups excluding carboxylic acids is 1. The second-order valence-corrected chi connectivity index (χ2v) is 5.58. The van der Waals surface area contributed by atoms with E-state index in [1.807, 2.05) is 0 Å². The van der Waals surface area contributed by atoms with Crippen molar-refractivity contribution in [3.8, 4) is 0 Å². The van der Waals surface area contributed by atoms with Crippen LogP contribution >= 0.6 is 11.6 Å². The molecule has 110 valence electrons. The van der Waals surface area contributed by atoms with Gasteiger partial charge in [0.05, 0.1) is 11.8 Å². The Morgan fingerprint density at radius 1 is 1.60 bits per heavy atom. The van der Waals surface area contributed by atoms with Crippen LogP contribution in [0.2, 0.25) is 5.02 Å². The minimum Gasteiger partial charge on any atom is -0.393 e. The minimum atomic E-state index is -0.560. The third-order valence-electron chi connectivity index (χ3n) is 3.60. The predicted octanol–water partition coefficient (Wildman–Crippen LogP) is 3.10. The van der Waals surface area contributed by atoms with Crippen molar-refractivity contribution in [3.63, 3.8) is 0 Å². The second-order valence-electron chi connectivity index (χ2n) is 5.14. The zero-order valence-electron chi connectivity index (χ0n) is 11.3. The first-order chi connectivity index (χ1) is 9.47. The molecule has 0 radical (unpaired) electrons. The van der Waals surface area contributed by atoms with Crippen LogP contribution in [0.5, 0.6) is 0 Å². The third kappa shape index (κ3) is 3.61. The van der Waals surface area contributed by atoms with Gasteiger partial charge in [0.2, 0.25) is 0 Å². The van der Waals surface area contributed by atoms with Crippen LogP contribution in [-0.4, -0.2) is 35.2 Å². The Morgan fingerprint density at radius 3 is 3.00 bits per heavy atom. The molecule has 0 aliphatic carbocycles. The van der Waals surface area contributed by atoms with Gasteiger partial charge in [-0.1, -0.05) is 11.6 Å². The van der Waals surface area contributed by atoms with Gasteiger partial charge in [-0.15, -0.1) is 0 Å². The molecule has 1 aliphatic rings. The Bertz CT molecular complexity index is 496. The number of piperidine rings is 1. The summed E-state index contributed by atoms with van der Waals surface area (Å²) in [7, 11) is 0. The van der Waals surface area contributed by atoms with Gasteiger partial charge in [0.15, 0.2) is 0 Å². The van der Waals surface area contributed by atoms with Crippen LogP contribution in [0.15, 0.2) is 18.2 Å². The largest absolute Gasteiger partial charge is 0.393 e. The first-order valence-corrected chi connectivity index (χ1v) is 7.04. The Balaban J connectivity index is 2.00. The van der Waals surface area contributed by atoms with Gasteiger partial charge in [0.1, 0.15) is 5.82 Å². The summed E-state index contributed by atoms with van der Waals surface area (Å²) in [4.78, 5) is 13.7. The fraction of sp³-hybridized carbons (Fsp3) is 0.500. The maximum atomic E-state index is 13.6. The van der Waals surface area contributed by atoms with Crippen molar-refractivity contribution in [3.05, 3.63) is 29.0 Å². The summed E-state index contributed by atoms with van der Waals surface area (Å²) < 4.78 is 13.6. The van der Waals surface area contributed by atoms with Crippen LogP contribution in [0.25, 0.3) is 0 Å². The highest BCUT2D eigenvalue weighted by molar-refractivity contribution is 6.30. The highest BCUT2D eigenvalue weighted by Gasteiger charge is 2.26. The van der Waals surface area contributed by atoms with Crippen molar-refractivity contribution in [2.75, 3.05) is 18.4 Å². The fourth-order valence-corrected chi connectivity index (χ4v) is 2.53. The summed E-state index contributed by atoms with van der Waals surface area (Å²) in [5.41, 5.74) is 0.110. The fourth-order valence-electron chi connectivity index (χ4n) is 2.37. The molecule has 2 rings (SSSR count). The Morgan fingerprint density at radius 2 is 2.35 bits per heavy atom. The van der Waals surface area contributed by atoms with E-state index >= 15 is 0 Å². The van der Waals surface area contributed by atoms with Crippen LogP contribution < -0.4 is 5.32 Å². The molecule has 0 aromatic heterocycles. The normalized spacial score (nSPS) is 20.6. The number of anilines is 1. The summed E-state index contributed by atoms with van der Waals surface area (Å²) >= 11 is 5.67. The molecule has 2 N–H and O–H groups in total. The average molecular weight is 301 g/mol. The molecule has 0 spiro atoms. The summed E-state index contributed by atoms with van der Waals surface area (Å²) in [5, 5.41) is 12.4. The van der Waals surface area contributed by atoms with E-state index in [-0.39, 0.29) is 22.7 Å². The number of carbonyl (C=O) groups is 1. The van der Waals surface area contributed by atoms with E-state index < -0.39 is 11.9 Å². The SMILES string of the molecule is CC(O)C1CCCN(C(=O)Nc2ccc(Cl)cc2F)C1. The van der Waals surface area contributed by atoms with Gasteiger partial charge in [0, 0.05) is 24.0 Å². The van der Waals surface area contributed by atoms with Crippen molar-refractivity contribution in [1.82, 2.24) is 4.90 Å². The van der Waals surface area contributed by atoms with Gasteiger partial charge >= 0.3 is 6.03 Å². The van der Waals surface area contributed by atoms with Crippen LogP contribution in [0.1, 0.15) is 19.8 Å². The number of amides is 2. The summed E-state index contributed by atoms with van der Waals surface area (Å²) in [6.45, 7) is 2.83. The topological polar surface area (TPSA) is 52.6 Å². The minimum absolute atomic E-state index is 0.0737. The molecule has 1 fully saturated rings. The molecule has 4 nitrogen and oxygen atoms in total. The van der Waals surface area contributed by atoms with Crippen molar-refractivity contribution < 1.29 is 14.3 Å². The van der Waals surface area contributed by atoms with Crippen LogP contribution in [0.3, 0.4) is 0 Å². The van der Waals surface area contributed by atoms with E-state index in [2.05, 4.69) is 5.32 Å². The number of aliphatic hydroxyl groups is 1. The first-order valence-electron chi connectivity index (χ1n) is 6.66. The summed E-state index contributed by atoms with van der Waals surface area (Å²) in [6, 6.07) is 3.77. The Hall–Kier alpha value is -1.33. The first kappa shape index (κ1) is 15.1. The highest BCUT2D eigenvalue weighted by Crippen LogP contribution is 2.22. The lowest BCUT2D eigenvalue weighted by atomic mass is 9.94. The number of urea groups is 1. The van der Waals surface area contributed by atoms with E-state index in [9.17, 15) is 14.3 Å². The third-order valence-corrected chi connectivity index (χ3v) is 3.84. The number of likely N-dealkylation sites (tertiary alicyclic amines) is 1. The van der Waals surface area contributed by atoms with Crippen molar-refractivity contribution in [1.29, 1.82) is 0 Å². The van der Waals surface area contributed by atoms with E-state index in [1.165, 1.54) is 12.1 Å². The number of hydrogen-bond acceptors (Lipinski definition) is 2. The monoisotopic (exact) mass is 300 g/mol. The van der Waals surface area contributed by atoms with E-state index in [4.69, 9.17) is 11.6 Å². The highest BCUT2D eigenvalue weighted by atomic mass is 35.5.